The first-order valence-electron chi connectivity index (χ1n) is 22.2. The van der Waals surface area contributed by atoms with Crippen molar-refractivity contribution in [1.29, 1.82) is 0 Å². The highest BCUT2D eigenvalue weighted by Crippen LogP contribution is 2.48. The SMILES string of the molecule is Fc1c(F)c(F)c(-c2nc3cc(n2)-c2c(F)c(F)c(F)c(F)c2-c2ccc4c5ccccc5n(c4c2)-c2cc-3cc(-n3c4ccccc4c4ccccc43)c2-n2c3cccnc3c3ncccc32)c(F)c1F. The van der Waals surface area contributed by atoms with E-state index < -0.39 is 80.6 Å². The van der Waals surface area contributed by atoms with Gasteiger partial charge in [-0.15, -0.1) is 0 Å². The van der Waals surface area contributed by atoms with E-state index in [1.54, 1.807) is 42.7 Å². The van der Waals surface area contributed by atoms with Gasteiger partial charge >= 0.3 is 0 Å². The zero-order chi connectivity index (χ0) is 49.0. The zero-order valence-electron chi connectivity index (χ0n) is 36.4. The summed E-state index contributed by atoms with van der Waals surface area (Å²) in [6.45, 7) is 0. The molecule has 0 atom stereocenters. The molecule has 0 radical (unpaired) electrons. The molecule has 0 fully saturated rings. The zero-order valence-corrected chi connectivity index (χ0v) is 36.4. The van der Waals surface area contributed by atoms with Crippen molar-refractivity contribution in [3.05, 3.63) is 198 Å². The Morgan fingerprint density at radius 1 is 0.319 bits per heavy atom. The lowest BCUT2D eigenvalue weighted by Gasteiger charge is -2.24. The smallest absolute Gasteiger partial charge is 0.200 e. The summed E-state index contributed by atoms with van der Waals surface area (Å²) >= 11 is 0. The highest BCUT2D eigenvalue weighted by atomic mass is 19.2. The van der Waals surface area contributed by atoms with Gasteiger partial charge in [0.1, 0.15) is 11.0 Å². The molecule has 7 aromatic carbocycles. The van der Waals surface area contributed by atoms with Gasteiger partial charge in [0.25, 0.3) is 0 Å². The summed E-state index contributed by atoms with van der Waals surface area (Å²) in [5, 5.41) is 3.02. The van der Waals surface area contributed by atoms with Crippen molar-refractivity contribution in [1.82, 2.24) is 33.6 Å². The van der Waals surface area contributed by atoms with Crippen LogP contribution in [0.1, 0.15) is 0 Å². The Morgan fingerprint density at radius 3 is 1.29 bits per heavy atom. The monoisotopic (exact) mass is 965 g/mol. The summed E-state index contributed by atoms with van der Waals surface area (Å²) in [4.78, 5) is 18.1. The molecule has 7 nitrogen and oxygen atoms in total. The Labute approximate surface area is 397 Å². The molecule has 346 valence electrons. The Hall–Kier alpha value is -9.31. The predicted molar refractivity (Wildman–Crippen MR) is 256 cm³/mol. The van der Waals surface area contributed by atoms with E-state index in [-0.39, 0.29) is 16.8 Å². The van der Waals surface area contributed by atoms with Crippen LogP contribution >= 0.6 is 0 Å². The minimum atomic E-state index is -2.47. The molecular formula is C56H24F9N7. The first kappa shape index (κ1) is 41.6. The lowest BCUT2D eigenvalue weighted by Crippen LogP contribution is -2.11. The number of hydrogen-bond acceptors (Lipinski definition) is 4. The van der Waals surface area contributed by atoms with Crippen molar-refractivity contribution in [2.75, 3.05) is 0 Å². The topological polar surface area (TPSA) is 66.3 Å². The lowest BCUT2D eigenvalue weighted by molar-refractivity contribution is 0.381. The molecule has 0 saturated carbocycles. The third-order valence-corrected chi connectivity index (χ3v) is 13.6. The third kappa shape index (κ3) is 5.48. The number of halogens is 9. The van der Waals surface area contributed by atoms with E-state index in [2.05, 4.69) is 9.97 Å². The molecule has 6 bridgehead atoms. The second-order valence-electron chi connectivity index (χ2n) is 17.3. The maximum atomic E-state index is 16.8. The predicted octanol–water partition coefficient (Wildman–Crippen LogP) is 14.8. The molecule has 1 aliphatic rings. The number of benzene rings is 7. The van der Waals surface area contributed by atoms with Gasteiger partial charge in [-0.2, -0.15) is 0 Å². The molecule has 0 spiro atoms. The van der Waals surface area contributed by atoms with E-state index in [1.807, 2.05) is 98.6 Å². The van der Waals surface area contributed by atoms with Gasteiger partial charge in [-0.05, 0) is 72.3 Å². The van der Waals surface area contributed by atoms with Gasteiger partial charge in [0.2, 0.25) is 5.82 Å². The van der Waals surface area contributed by atoms with Crippen LogP contribution in [0, 0.1) is 52.4 Å². The molecule has 16 heteroatoms. The summed E-state index contributed by atoms with van der Waals surface area (Å²) in [5.41, 5.74) is 1.37. The lowest BCUT2D eigenvalue weighted by atomic mass is 9.93. The highest BCUT2D eigenvalue weighted by Gasteiger charge is 2.34. The van der Waals surface area contributed by atoms with Crippen LogP contribution in [0.5, 0.6) is 0 Å². The summed E-state index contributed by atoms with van der Waals surface area (Å²) in [5.74, 6) is -21.2. The maximum absolute atomic E-state index is 16.8. The first-order chi connectivity index (χ1) is 35.0. The van der Waals surface area contributed by atoms with Gasteiger partial charge in [-0.1, -0.05) is 66.7 Å². The quantitative estimate of drug-likeness (QED) is 0.101. The molecule has 14 rings (SSSR count). The van der Waals surface area contributed by atoms with Crippen molar-refractivity contribution >= 4 is 65.7 Å². The number of aromatic nitrogens is 7. The second-order valence-corrected chi connectivity index (χ2v) is 17.3. The molecule has 7 heterocycles. The largest absolute Gasteiger partial charge is 0.307 e. The van der Waals surface area contributed by atoms with Crippen LogP contribution in [-0.2, 0) is 0 Å². The van der Waals surface area contributed by atoms with Crippen LogP contribution < -0.4 is 0 Å². The van der Waals surface area contributed by atoms with Crippen molar-refractivity contribution in [2.24, 2.45) is 0 Å². The molecule has 0 unspecified atom stereocenters. The molecule has 0 amide bonds. The van der Waals surface area contributed by atoms with E-state index in [0.717, 1.165) is 27.9 Å². The Bertz CT molecular complexity index is 4450. The summed E-state index contributed by atoms with van der Waals surface area (Å²) in [6.07, 6.45) is 3.30. The van der Waals surface area contributed by atoms with E-state index in [4.69, 9.17) is 9.97 Å². The van der Waals surface area contributed by atoms with Crippen LogP contribution in [-0.4, -0.2) is 33.6 Å². The normalized spacial score (nSPS) is 12.2. The molecule has 1 aliphatic heterocycles. The average molecular weight is 966 g/mol. The fraction of sp³-hybridized carbons (Fsp3) is 0. The van der Waals surface area contributed by atoms with Crippen molar-refractivity contribution in [3.63, 3.8) is 0 Å². The summed E-state index contributed by atoms with van der Waals surface area (Å²) in [6, 6.07) is 38.9. The van der Waals surface area contributed by atoms with Crippen molar-refractivity contribution in [2.45, 2.75) is 0 Å². The minimum absolute atomic E-state index is 0.0871. The van der Waals surface area contributed by atoms with Crippen LogP contribution in [0.3, 0.4) is 0 Å². The maximum Gasteiger partial charge on any atom is 0.200 e. The molecule has 0 saturated heterocycles. The van der Waals surface area contributed by atoms with Crippen LogP contribution in [0.4, 0.5) is 39.5 Å². The van der Waals surface area contributed by atoms with Gasteiger partial charge in [0.05, 0.1) is 72.7 Å². The average Bonchev–Trinajstić information content (AvgIpc) is 4.05. The van der Waals surface area contributed by atoms with Crippen LogP contribution in [0.15, 0.2) is 146 Å². The molecular weight excluding hydrogens is 942 g/mol. The summed E-state index contributed by atoms with van der Waals surface area (Å²) < 4.78 is 148. The van der Waals surface area contributed by atoms with Crippen LogP contribution in [0.25, 0.3) is 128 Å². The number of fused-ring (bicyclic) bond motifs is 19. The molecule has 72 heavy (non-hydrogen) atoms. The third-order valence-electron chi connectivity index (χ3n) is 13.6. The number of pyridine rings is 2. The molecule has 0 aliphatic carbocycles. The number of rotatable bonds is 3. The molecule has 6 aromatic heterocycles. The number of hydrogen-bond donors (Lipinski definition) is 0. The highest BCUT2D eigenvalue weighted by molar-refractivity contribution is 6.13. The summed E-state index contributed by atoms with van der Waals surface area (Å²) in [7, 11) is 0. The second kappa shape index (κ2) is 14.9. The molecule has 0 N–H and O–H groups in total. The van der Waals surface area contributed by atoms with Gasteiger partial charge < -0.3 is 13.7 Å². The van der Waals surface area contributed by atoms with E-state index in [1.165, 1.54) is 12.1 Å². The van der Waals surface area contributed by atoms with Crippen molar-refractivity contribution in [3.8, 4) is 62.1 Å². The van der Waals surface area contributed by atoms with E-state index in [0.29, 0.717) is 60.9 Å². The number of nitrogens with zero attached hydrogens (tertiary/aromatic N) is 7. The Kier molecular flexibility index (Phi) is 8.59. The fourth-order valence-corrected chi connectivity index (χ4v) is 10.6. The van der Waals surface area contributed by atoms with Crippen molar-refractivity contribution < 1.29 is 39.5 Å². The van der Waals surface area contributed by atoms with Gasteiger partial charge in [-0.25, -0.2) is 49.5 Å². The molecule has 13 aromatic rings. The first-order valence-corrected chi connectivity index (χ1v) is 22.2. The van der Waals surface area contributed by atoms with E-state index >= 15 is 35.1 Å². The Morgan fingerprint density at radius 2 is 0.750 bits per heavy atom. The van der Waals surface area contributed by atoms with Gasteiger partial charge in [-0.3, -0.25) is 9.97 Å². The van der Waals surface area contributed by atoms with Crippen LogP contribution in [0.2, 0.25) is 0 Å². The standard InChI is InChI=1S/C56H24F9N7/c57-44-41-25-17-18-30-29-11-3-6-14-35(29)71(38(30)21-25)40-23-26(31-24-32(42(41)45(58)49(62)48(44)61)69-56(68-31)43-46(59)50(63)52(65)51(64)47(43)60)22-39(70-33-12-4-1-9-27(33)28-10-2-5-13-34(28)70)55(40)72-36-15-7-19-66-53(36)54-37(72)16-8-20-67-54/h1-24H. The van der Waals surface area contributed by atoms with Gasteiger partial charge in [0.15, 0.2) is 52.4 Å². The van der Waals surface area contributed by atoms with Gasteiger partial charge in [0, 0.05) is 45.1 Å². The minimum Gasteiger partial charge on any atom is -0.307 e. The number of para-hydroxylation sites is 3. The van der Waals surface area contributed by atoms with E-state index in [9.17, 15) is 4.39 Å². The Balaban J connectivity index is 1.27. The fourth-order valence-electron chi connectivity index (χ4n) is 10.6.